The van der Waals surface area contributed by atoms with Gasteiger partial charge < -0.3 is 25.7 Å². The van der Waals surface area contributed by atoms with Crippen molar-refractivity contribution in [3.05, 3.63) is 22.8 Å². The normalized spacial score (nSPS) is 31.3. The van der Waals surface area contributed by atoms with Gasteiger partial charge in [0.05, 0.1) is 17.5 Å². The molecule has 3 aliphatic rings. The minimum Gasteiger partial charge on any atom is -0.507 e. The highest BCUT2D eigenvalue weighted by atomic mass is 16.3. The van der Waals surface area contributed by atoms with Crippen LogP contribution in [0, 0.1) is 23.7 Å². The van der Waals surface area contributed by atoms with Gasteiger partial charge in [-0.25, -0.2) is 0 Å². The Labute approximate surface area is 215 Å². The largest absolute Gasteiger partial charge is 0.507 e. The van der Waals surface area contributed by atoms with Crippen LogP contribution in [-0.4, -0.2) is 103 Å². The Balaban J connectivity index is 1.90. The number of fused-ring (bicyclic) bond motifs is 3. The van der Waals surface area contributed by atoms with E-state index in [-0.39, 0.29) is 24.2 Å². The lowest BCUT2D eigenvalue weighted by atomic mass is 9.52. The quantitative estimate of drug-likeness (QED) is 0.415. The summed E-state index contributed by atoms with van der Waals surface area (Å²) < 4.78 is 0. The number of phenols is 1. The molecule has 4 N–H and O–H groups in total. The molecule has 0 aromatic heterocycles. The fraction of sp³-hybridized carbons (Fsp3) is 0.577. The van der Waals surface area contributed by atoms with Gasteiger partial charge in [0.15, 0.2) is 34.7 Å². The van der Waals surface area contributed by atoms with E-state index in [1.54, 1.807) is 14.1 Å². The molecule has 6 unspecified atom stereocenters. The number of primary amides is 1. The van der Waals surface area contributed by atoms with Crippen LogP contribution in [-0.2, 0) is 32.1 Å². The maximum Gasteiger partial charge on any atom is 0.235 e. The zero-order valence-electron chi connectivity index (χ0n) is 21.9. The SMILES string of the molecule is CN(C)Cc1cc(N(C)C)c2c(c1O)C(=O)C1C(=O)C3(O)C(=O)C(C(N)=O)C(=O)C(N(C)C)C3CC1C2. The molecule has 0 heterocycles. The number of benzene rings is 1. The van der Waals surface area contributed by atoms with Crippen molar-refractivity contribution in [3.8, 4) is 5.75 Å². The van der Waals surface area contributed by atoms with Gasteiger partial charge in [-0.3, -0.25) is 28.9 Å². The third-order valence-electron chi connectivity index (χ3n) is 8.09. The smallest absolute Gasteiger partial charge is 0.235 e. The van der Waals surface area contributed by atoms with Crippen molar-refractivity contribution < 1.29 is 34.2 Å². The summed E-state index contributed by atoms with van der Waals surface area (Å²) in [5.41, 5.74) is 4.44. The van der Waals surface area contributed by atoms with Gasteiger partial charge in [-0.1, -0.05) is 0 Å². The Hall–Kier alpha value is -3.15. The second-order valence-electron chi connectivity index (χ2n) is 11.2. The zero-order chi connectivity index (χ0) is 27.7. The van der Waals surface area contributed by atoms with Gasteiger partial charge >= 0.3 is 0 Å². The number of amides is 1. The van der Waals surface area contributed by atoms with Crippen molar-refractivity contribution in [2.75, 3.05) is 47.2 Å². The van der Waals surface area contributed by atoms with E-state index in [2.05, 4.69) is 0 Å². The summed E-state index contributed by atoms with van der Waals surface area (Å²) in [5, 5.41) is 22.8. The number of nitrogens with zero attached hydrogens (tertiary/aromatic N) is 3. The van der Waals surface area contributed by atoms with Gasteiger partial charge in [0, 0.05) is 37.8 Å². The summed E-state index contributed by atoms with van der Waals surface area (Å²) in [5.74, 6) is -10.4. The molecule has 4 rings (SSSR count). The Morgan fingerprint density at radius 2 is 1.70 bits per heavy atom. The van der Waals surface area contributed by atoms with E-state index in [4.69, 9.17) is 5.73 Å². The molecule has 200 valence electrons. The van der Waals surface area contributed by atoms with E-state index in [9.17, 15) is 34.2 Å². The van der Waals surface area contributed by atoms with Crippen LogP contribution in [0.4, 0.5) is 5.69 Å². The first-order valence-electron chi connectivity index (χ1n) is 12.2. The molecule has 1 aromatic carbocycles. The van der Waals surface area contributed by atoms with Crippen LogP contribution in [0.5, 0.6) is 5.75 Å². The molecule has 11 nitrogen and oxygen atoms in total. The molecule has 0 aliphatic heterocycles. The van der Waals surface area contributed by atoms with Crippen LogP contribution >= 0.6 is 0 Å². The fourth-order valence-corrected chi connectivity index (χ4v) is 6.57. The molecule has 37 heavy (non-hydrogen) atoms. The van der Waals surface area contributed by atoms with Gasteiger partial charge in [0.25, 0.3) is 0 Å². The summed E-state index contributed by atoms with van der Waals surface area (Å²) >= 11 is 0. The van der Waals surface area contributed by atoms with Crippen molar-refractivity contribution in [2.24, 2.45) is 29.4 Å². The number of likely N-dealkylation sites (N-methyl/N-ethyl adjacent to an activating group) is 1. The summed E-state index contributed by atoms with van der Waals surface area (Å²) in [6.07, 6.45) is 0.256. The third-order valence-corrected chi connectivity index (χ3v) is 8.09. The van der Waals surface area contributed by atoms with E-state index < -0.39 is 64.4 Å². The molecule has 2 fully saturated rings. The number of hydrogen-bond donors (Lipinski definition) is 3. The summed E-state index contributed by atoms with van der Waals surface area (Å²) in [7, 11) is 10.4. The highest BCUT2D eigenvalue weighted by Gasteiger charge is 2.69. The number of phenolic OH excluding ortho intramolecular Hbond substituents is 1. The summed E-state index contributed by atoms with van der Waals surface area (Å²) in [6.45, 7) is 0.340. The zero-order valence-corrected chi connectivity index (χ0v) is 21.9. The first-order chi connectivity index (χ1) is 17.1. The molecule has 1 amide bonds. The molecular formula is C26H34N4O7. The maximum atomic E-state index is 13.9. The van der Waals surface area contributed by atoms with Crippen molar-refractivity contribution in [1.82, 2.24) is 9.80 Å². The fourth-order valence-electron chi connectivity index (χ4n) is 6.57. The number of anilines is 1. The van der Waals surface area contributed by atoms with Crippen LogP contribution < -0.4 is 10.6 Å². The molecule has 3 aliphatic carbocycles. The van der Waals surface area contributed by atoms with Crippen LogP contribution in [0.1, 0.15) is 27.9 Å². The third kappa shape index (κ3) is 3.79. The number of nitrogens with two attached hydrogens (primary N) is 1. The van der Waals surface area contributed by atoms with E-state index in [0.29, 0.717) is 17.7 Å². The second-order valence-corrected chi connectivity index (χ2v) is 11.2. The van der Waals surface area contributed by atoms with Crippen LogP contribution in [0.15, 0.2) is 6.07 Å². The van der Waals surface area contributed by atoms with Gasteiger partial charge in [-0.2, -0.15) is 0 Å². The molecule has 0 saturated heterocycles. The number of aliphatic hydroxyl groups is 1. The van der Waals surface area contributed by atoms with Gasteiger partial charge in [0.1, 0.15) is 5.75 Å². The summed E-state index contributed by atoms with van der Waals surface area (Å²) in [6, 6.07) is 0.696. The molecule has 1 aromatic rings. The van der Waals surface area contributed by atoms with Crippen molar-refractivity contribution >= 4 is 34.7 Å². The molecule has 11 heteroatoms. The number of carbonyl (C=O) groups excluding carboxylic acids is 5. The number of aromatic hydroxyl groups is 1. The standard InChI is InChI=1S/C26H34N4O7/c1-28(2)10-12-9-15(29(3)4)13-7-11-8-14-19(30(5)6)22(33)18(25(27)36)24(35)26(14,37)23(34)16(11)21(32)17(13)20(12)31/h9,11,14,16,18-19,31,37H,7-8,10H2,1-6H3,(H2,27,36). The van der Waals surface area contributed by atoms with E-state index in [1.165, 1.54) is 4.90 Å². The monoisotopic (exact) mass is 514 g/mol. The van der Waals surface area contributed by atoms with E-state index in [1.807, 2.05) is 44.1 Å². The number of rotatable bonds is 5. The second kappa shape index (κ2) is 9.00. The lowest BCUT2D eigenvalue weighted by Crippen LogP contribution is -2.74. The van der Waals surface area contributed by atoms with Gasteiger partial charge in [-0.05, 0) is 58.6 Å². The minimum atomic E-state index is -2.72. The average Bonchev–Trinajstić information content (AvgIpc) is 2.77. The predicted octanol–water partition coefficient (Wildman–Crippen LogP) is -1.01. The molecule has 6 atom stereocenters. The van der Waals surface area contributed by atoms with Crippen molar-refractivity contribution in [1.29, 1.82) is 0 Å². The highest BCUT2D eigenvalue weighted by molar-refractivity contribution is 6.32. The topological polar surface area (TPSA) is 162 Å². The molecular weight excluding hydrogens is 480 g/mol. The average molecular weight is 515 g/mol. The minimum absolute atomic E-state index is 0.00893. The van der Waals surface area contributed by atoms with Crippen LogP contribution in [0.2, 0.25) is 0 Å². The number of hydrogen-bond acceptors (Lipinski definition) is 10. The lowest BCUT2D eigenvalue weighted by Gasteiger charge is -2.52. The number of carbonyl (C=O) groups is 5. The maximum absolute atomic E-state index is 13.9. The Morgan fingerprint density at radius 1 is 1.08 bits per heavy atom. The Kier molecular flexibility index (Phi) is 6.54. The molecule has 0 bridgehead atoms. The Morgan fingerprint density at radius 3 is 2.22 bits per heavy atom. The highest BCUT2D eigenvalue weighted by Crippen LogP contribution is 2.52. The number of ketones is 4. The predicted molar refractivity (Wildman–Crippen MR) is 133 cm³/mol. The summed E-state index contributed by atoms with van der Waals surface area (Å²) in [4.78, 5) is 71.5. The molecule has 0 radical (unpaired) electrons. The van der Waals surface area contributed by atoms with Crippen molar-refractivity contribution in [3.63, 3.8) is 0 Å². The van der Waals surface area contributed by atoms with Crippen LogP contribution in [0.25, 0.3) is 0 Å². The number of Topliss-reactive ketones (excluding diaryl/α,β-unsaturated/α-hetero) is 4. The van der Waals surface area contributed by atoms with Crippen molar-refractivity contribution in [2.45, 2.75) is 31.0 Å². The Bertz CT molecular complexity index is 1220. The molecule has 0 spiro atoms. The van der Waals surface area contributed by atoms with E-state index >= 15 is 0 Å². The van der Waals surface area contributed by atoms with Crippen LogP contribution in [0.3, 0.4) is 0 Å². The van der Waals surface area contributed by atoms with Gasteiger partial charge in [-0.15, -0.1) is 0 Å². The lowest BCUT2D eigenvalue weighted by molar-refractivity contribution is -0.181. The first-order valence-corrected chi connectivity index (χ1v) is 12.2. The molecule has 2 saturated carbocycles. The van der Waals surface area contributed by atoms with E-state index in [0.717, 1.165) is 5.69 Å². The van der Waals surface area contributed by atoms with Gasteiger partial charge in [0.2, 0.25) is 5.91 Å². The first kappa shape index (κ1) is 26.9.